The monoisotopic (exact) mass is 336 g/mol. The van der Waals surface area contributed by atoms with E-state index in [2.05, 4.69) is 0 Å². The lowest BCUT2D eigenvalue weighted by Crippen LogP contribution is -2.48. The smallest absolute Gasteiger partial charge is 0.318 e. The lowest BCUT2D eigenvalue weighted by Gasteiger charge is -2.56. The molecule has 24 heavy (non-hydrogen) atoms. The van der Waals surface area contributed by atoms with Crippen molar-refractivity contribution in [2.75, 3.05) is 0 Å². The van der Waals surface area contributed by atoms with E-state index in [4.69, 9.17) is 10.5 Å². The van der Waals surface area contributed by atoms with Crippen LogP contribution >= 0.6 is 0 Å². The Morgan fingerprint density at radius 1 is 1.08 bits per heavy atom. The zero-order chi connectivity index (χ0) is 17.5. The van der Waals surface area contributed by atoms with Crippen molar-refractivity contribution >= 4 is 17.9 Å². The van der Waals surface area contributed by atoms with Gasteiger partial charge in [-0.15, -0.1) is 0 Å². The van der Waals surface area contributed by atoms with E-state index in [0.29, 0.717) is 6.42 Å². The summed E-state index contributed by atoms with van der Waals surface area (Å²) in [5.74, 6) is 1.12. The van der Waals surface area contributed by atoms with Gasteiger partial charge in [-0.3, -0.25) is 14.9 Å². The summed E-state index contributed by atoms with van der Waals surface area (Å²) in [5.41, 5.74) is 5.06. The van der Waals surface area contributed by atoms with Crippen molar-refractivity contribution in [3.63, 3.8) is 0 Å². The molecule has 0 aliphatic heterocycles. The van der Waals surface area contributed by atoms with Crippen molar-refractivity contribution in [1.29, 1.82) is 0 Å². The molecule has 0 aromatic rings. The summed E-state index contributed by atoms with van der Waals surface area (Å²) < 4.78 is 5.45. The second kappa shape index (κ2) is 6.37. The Morgan fingerprint density at radius 3 is 2.00 bits per heavy atom. The van der Waals surface area contributed by atoms with Crippen molar-refractivity contribution in [3.8, 4) is 0 Å². The van der Waals surface area contributed by atoms with E-state index in [0.717, 1.165) is 37.0 Å². The van der Waals surface area contributed by atoms with Crippen LogP contribution in [0.4, 0.5) is 4.79 Å². The molecule has 0 spiro atoms. The van der Waals surface area contributed by atoms with Crippen LogP contribution < -0.4 is 11.1 Å². The highest BCUT2D eigenvalue weighted by molar-refractivity contribution is 5.96. The Balaban J connectivity index is 1.62. The predicted molar refractivity (Wildman–Crippen MR) is 87.7 cm³/mol. The molecule has 4 aliphatic carbocycles. The maximum atomic E-state index is 12.5. The van der Waals surface area contributed by atoms with Crippen LogP contribution in [0, 0.1) is 29.1 Å². The minimum Gasteiger partial charge on any atom is -0.452 e. The summed E-state index contributed by atoms with van der Waals surface area (Å²) >= 11 is 0. The number of ether oxygens (including phenoxy) is 1. The molecule has 6 nitrogen and oxygen atoms in total. The van der Waals surface area contributed by atoms with Crippen molar-refractivity contribution in [2.24, 2.45) is 34.8 Å². The Morgan fingerprint density at radius 2 is 1.58 bits per heavy atom. The normalized spacial score (nSPS) is 34.9. The molecule has 0 aromatic carbocycles. The second-order valence-electron chi connectivity index (χ2n) is 8.60. The van der Waals surface area contributed by atoms with Crippen molar-refractivity contribution in [3.05, 3.63) is 0 Å². The van der Waals surface area contributed by atoms with E-state index in [9.17, 15) is 14.4 Å². The van der Waals surface area contributed by atoms with Crippen LogP contribution in [-0.4, -0.2) is 24.0 Å². The average molecular weight is 336 g/mol. The highest BCUT2D eigenvalue weighted by Crippen LogP contribution is 2.61. The first-order valence-corrected chi connectivity index (χ1v) is 9.06. The van der Waals surface area contributed by atoms with E-state index in [1.807, 2.05) is 5.32 Å². The number of rotatable bonds is 5. The highest BCUT2D eigenvalue weighted by atomic mass is 16.5. The number of nitrogens with one attached hydrogen (secondary N) is 1. The maximum Gasteiger partial charge on any atom is 0.318 e. The Hall–Kier alpha value is -1.59. The molecule has 0 aromatic heterocycles. The van der Waals surface area contributed by atoms with Gasteiger partial charge >= 0.3 is 12.0 Å². The molecule has 4 rings (SSSR count). The number of carbonyl (C=O) groups excluding carboxylic acids is 3. The molecule has 6 heteroatoms. The summed E-state index contributed by atoms with van der Waals surface area (Å²) in [6.07, 6.45) is 6.75. The number of esters is 1. The average Bonchev–Trinajstić information content (AvgIpc) is 2.41. The summed E-state index contributed by atoms with van der Waals surface area (Å²) in [7, 11) is 0. The molecular formula is C18H28N2O4. The lowest BCUT2D eigenvalue weighted by molar-refractivity contribution is -0.164. The molecule has 134 valence electrons. The van der Waals surface area contributed by atoms with E-state index in [-0.39, 0.29) is 17.3 Å². The maximum absolute atomic E-state index is 12.5. The molecule has 1 atom stereocenters. The van der Waals surface area contributed by atoms with Gasteiger partial charge in [0.1, 0.15) is 0 Å². The fraction of sp³-hybridized carbons (Fsp3) is 0.833. The van der Waals surface area contributed by atoms with Crippen LogP contribution in [0.3, 0.4) is 0 Å². The zero-order valence-corrected chi connectivity index (χ0v) is 14.5. The lowest BCUT2D eigenvalue weighted by atomic mass is 9.49. The number of primary amides is 1. The van der Waals surface area contributed by atoms with E-state index < -0.39 is 18.0 Å². The van der Waals surface area contributed by atoms with E-state index in [1.165, 1.54) is 19.3 Å². The van der Waals surface area contributed by atoms with Gasteiger partial charge in [0, 0.05) is 0 Å². The number of carbonyl (C=O) groups is 3. The topological polar surface area (TPSA) is 98.5 Å². The quantitative estimate of drug-likeness (QED) is 0.753. The van der Waals surface area contributed by atoms with Gasteiger partial charge in [-0.2, -0.15) is 0 Å². The number of nitrogens with two attached hydrogens (primary N) is 1. The molecule has 0 heterocycles. The van der Waals surface area contributed by atoms with Crippen LogP contribution in [0.2, 0.25) is 0 Å². The molecular weight excluding hydrogens is 308 g/mol. The summed E-state index contributed by atoms with van der Waals surface area (Å²) in [6.45, 7) is 3.56. The zero-order valence-electron chi connectivity index (χ0n) is 14.5. The molecule has 4 bridgehead atoms. The number of hydrogen-bond acceptors (Lipinski definition) is 4. The van der Waals surface area contributed by atoms with Crippen molar-refractivity contribution < 1.29 is 19.1 Å². The van der Waals surface area contributed by atoms with Crippen LogP contribution in [0.15, 0.2) is 0 Å². The summed E-state index contributed by atoms with van der Waals surface area (Å²) in [6, 6.07) is -0.928. The second-order valence-corrected chi connectivity index (χ2v) is 8.60. The molecule has 3 amide bonds. The minimum absolute atomic E-state index is 0.0769. The third-order valence-corrected chi connectivity index (χ3v) is 6.05. The Labute approximate surface area is 142 Å². The standard InChI is InChI=1S/C18H28N2O4/c1-10(2)15(16(22)20-17(19)23)24-14(21)9-18-6-11-3-12(7-18)5-13(4-11)8-18/h10-13,15H,3-9H2,1-2H3,(H3,19,20,22,23)/t11?,12?,13?,15-,18?/m0/s1. The van der Waals surface area contributed by atoms with Crippen LogP contribution in [0.5, 0.6) is 0 Å². The first kappa shape index (κ1) is 17.2. The van der Waals surface area contributed by atoms with Crippen LogP contribution in [0.25, 0.3) is 0 Å². The molecule has 0 saturated heterocycles. The molecule has 4 fully saturated rings. The van der Waals surface area contributed by atoms with E-state index in [1.54, 1.807) is 13.8 Å². The minimum atomic E-state index is -0.973. The van der Waals surface area contributed by atoms with Gasteiger partial charge in [0.15, 0.2) is 6.10 Å². The van der Waals surface area contributed by atoms with Crippen LogP contribution in [-0.2, 0) is 14.3 Å². The summed E-state index contributed by atoms with van der Waals surface area (Å²) in [5, 5.41) is 2.01. The van der Waals surface area contributed by atoms with Gasteiger partial charge in [0.25, 0.3) is 5.91 Å². The van der Waals surface area contributed by atoms with Crippen molar-refractivity contribution in [2.45, 2.75) is 64.9 Å². The fourth-order valence-electron chi connectivity index (χ4n) is 5.68. The third kappa shape index (κ3) is 3.57. The van der Waals surface area contributed by atoms with Gasteiger partial charge in [-0.05, 0) is 67.6 Å². The number of urea groups is 1. The van der Waals surface area contributed by atoms with Gasteiger partial charge in [-0.25, -0.2) is 4.79 Å². The van der Waals surface area contributed by atoms with E-state index >= 15 is 0 Å². The number of imide groups is 1. The highest BCUT2D eigenvalue weighted by Gasteiger charge is 2.51. The Bertz CT molecular complexity index is 508. The van der Waals surface area contributed by atoms with Gasteiger partial charge in [-0.1, -0.05) is 13.8 Å². The van der Waals surface area contributed by atoms with Gasteiger partial charge in [0.05, 0.1) is 6.42 Å². The van der Waals surface area contributed by atoms with Crippen molar-refractivity contribution in [1.82, 2.24) is 5.32 Å². The largest absolute Gasteiger partial charge is 0.452 e. The molecule has 4 aliphatic rings. The van der Waals surface area contributed by atoms with Crippen LogP contribution in [0.1, 0.15) is 58.8 Å². The summed E-state index contributed by atoms with van der Waals surface area (Å²) in [4.78, 5) is 35.4. The molecule has 0 radical (unpaired) electrons. The fourth-order valence-corrected chi connectivity index (χ4v) is 5.68. The molecule has 0 unspecified atom stereocenters. The first-order valence-electron chi connectivity index (χ1n) is 9.06. The molecule has 3 N–H and O–H groups in total. The SMILES string of the molecule is CC(C)[C@H](OC(=O)CC12CC3CC(CC(C3)C1)C2)C(=O)NC(N)=O. The molecule has 4 saturated carbocycles. The van der Waals surface area contributed by atoms with Gasteiger partial charge in [0.2, 0.25) is 0 Å². The Kier molecular flexibility index (Phi) is 4.58. The predicted octanol–water partition coefficient (Wildman–Crippen LogP) is 2.36. The number of amides is 3. The number of hydrogen-bond donors (Lipinski definition) is 2. The third-order valence-electron chi connectivity index (χ3n) is 6.05. The van der Waals surface area contributed by atoms with Gasteiger partial charge < -0.3 is 10.5 Å². The first-order chi connectivity index (χ1) is 11.3.